The van der Waals surface area contributed by atoms with Gasteiger partial charge in [0.05, 0.1) is 15.9 Å². The molecule has 0 bridgehead atoms. The van der Waals surface area contributed by atoms with Gasteiger partial charge in [-0.05, 0) is 72.4 Å². The molecule has 0 saturated carbocycles. The van der Waals surface area contributed by atoms with Crippen molar-refractivity contribution >= 4 is 45.8 Å². The van der Waals surface area contributed by atoms with Crippen LogP contribution >= 0.6 is 34.0 Å². The summed E-state index contributed by atoms with van der Waals surface area (Å²) in [6, 6.07) is 9.87. The van der Waals surface area contributed by atoms with E-state index in [4.69, 9.17) is 4.42 Å². The molecular weight excluding hydrogens is 771 g/mol. The molecule has 7 heteroatoms. The van der Waals surface area contributed by atoms with E-state index in [2.05, 4.69) is 93.5 Å². The molecule has 0 spiro atoms. The van der Waals surface area contributed by atoms with Crippen LogP contribution in [0.1, 0.15) is 231 Å². The van der Waals surface area contributed by atoms with E-state index in [-0.39, 0.29) is 22.6 Å². The van der Waals surface area contributed by atoms with Crippen molar-refractivity contribution in [2.75, 3.05) is 6.54 Å². The van der Waals surface area contributed by atoms with Crippen molar-refractivity contribution in [1.29, 1.82) is 0 Å². The number of furan rings is 1. The highest BCUT2D eigenvalue weighted by molar-refractivity contribution is 7.24. The summed E-state index contributed by atoms with van der Waals surface area (Å²) in [6.45, 7) is 23.0. The van der Waals surface area contributed by atoms with Crippen molar-refractivity contribution in [3.05, 3.63) is 66.9 Å². The molecule has 318 valence electrons. The summed E-state index contributed by atoms with van der Waals surface area (Å²) in [4.78, 5) is 38.3. The van der Waals surface area contributed by atoms with Crippen molar-refractivity contribution in [2.45, 2.75) is 201 Å². The minimum atomic E-state index is -0.434. The second-order valence-electron chi connectivity index (χ2n) is 19.6. The van der Waals surface area contributed by atoms with Crippen LogP contribution in [0.25, 0.3) is 20.4 Å². The van der Waals surface area contributed by atoms with Gasteiger partial charge in [0, 0.05) is 36.3 Å². The maximum Gasteiger partial charge on any atom is 0.265 e. The van der Waals surface area contributed by atoms with E-state index in [1.165, 1.54) is 124 Å². The van der Waals surface area contributed by atoms with Crippen LogP contribution in [0.2, 0.25) is 0 Å². The van der Waals surface area contributed by atoms with Crippen molar-refractivity contribution < 1.29 is 14.0 Å². The molecule has 1 aliphatic carbocycles. The van der Waals surface area contributed by atoms with Crippen LogP contribution in [0.4, 0.5) is 0 Å². The van der Waals surface area contributed by atoms with Gasteiger partial charge in [-0.3, -0.25) is 14.5 Å². The number of amides is 2. The number of hydrogen-bond acceptors (Lipinski definition) is 6. The number of thiophene rings is 3. The molecule has 1 aliphatic heterocycles. The number of unbranched alkanes of at least 4 members (excludes halogenated alkanes) is 10. The molecule has 0 saturated heterocycles. The van der Waals surface area contributed by atoms with Gasteiger partial charge in [0.2, 0.25) is 0 Å². The zero-order valence-corrected chi connectivity index (χ0v) is 40.2. The lowest BCUT2D eigenvalue weighted by atomic mass is 9.69. The van der Waals surface area contributed by atoms with Crippen LogP contribution in [0.15, 0.2) is 28.7 Å². The highest BCUT2D eigenvalue weighted by atomic mass is 32.1. The van der Waals surface area contributed by atoms with Crippen LogP contribution in [0.3, 0.4) is 0 Å². The smallest absolute Gasteiger partial charge is 0.265 e. The zero-order chi connectivity index (χ0) is 41.8. The quantitative estimate of drug-likeness (QED) is 0.0585. The van der Waals surface area contributed by atoms with Crippen LogP contribution in [-0.2, 0) is 22.7 Å². The Morgan fingerprint density at radius 3 is 1.93 bits per heavy atom. The summed E-state index contributed by atoms with van der Waals surface area (Å²) in [7, 11) is 0. The molecule has 0 N–H and O–H groups in total. The van der Waals surface area contributed by atoms with Crippen molar-refractivity contribution in [2.24, 2.45) is 5.92 Å². The van der Waals surface area contributed by atoms with Crippen LogP contribution in [0, 0.1) is 5.92 Å². The Balaban J connectivity index is 1.51. The molecule has 4 aromatic heterocycles. The Labute approximate surface area is 363 Å². The third kappa shape index (κ3) is 9.08. The zero-order valence-electron chi connectivity index (χ0n) is 37.7. The summed E-state index contributed by atoms with van der Waals surface area (Å²) in [6.07, 6.45) is 21.4. The average Bonchev–Trinajstić information content (AvgIpc) is 4.02. The van der Waals surface area contributed by atoms with Gasteiger partial charge in [-0.25, -0.2) is 0 Å². The number of nitrogens with zero attached hydrogens (tertiary/aromatic N) is 1. The number of hydrogen-bond donors (Lipinski definition) is 0. The second kappa shape index (κ2) is 19.1. The molecule has 4 nitrogen and oxygen atoms in total. The number of fused-ring (bicyclic) bond motifs is 4. The Bertz CT molecular complexity index is 2010. The van der Waals surface area contributed by atoms with Crippen molar-refractivity contribution in [1.82, 2.24) is 4.90 Å². The number of aryl methyl sites for hydroxylation is 1. The van der Waals surface area contributed by atoms with Gasteiger partial charge in [0.25, 0.3) is 11.8 Å². The van der Waals surface area contributed by atoms with Gasteiger partial charge < -0.3 is 4.42 Å². The van der Waals surface area contributed by atoms with Gasteiger partial charge in [-0.1, -0.05) is 159 Å². The van der Waals surface area contributed by atoms with Crippen molar-refractivity contribution in [3.63, 3.8) is 0 Å². The molecule has 2 unspecified atom stereocenters. The predicted molar refractivity (Wildman–Crippen MR) is 251 cm³/mol. The highest BCUT2D eigenvalue weighted by Crippen LogP contribution is 2.64. The van der Waals surface area contributed by atoms with E-state index >= 15 is 0 Å². The summed E-state index contributed by atoms with van der Waals surface area (Å²) in [5.41, 5.74) is 3.18. The first kappa shape index (κ1) is 45.1. The maximum atomic E-state index is 14.5. The third-order valence-corrected chi connectivity index (χ3v) is 16.8. The van der Waals surface area contributed by atoms with Gasteiger partial charge in [0.1, 0.15) is 11.3 Å². The molecule has 0 radical (unpaired) electrons. The normalized spacial score (nSPS) is 17.1. The van der Waals surface area contributed by atoms with Crippen LogP contribution in [0.5, 0.6) is 0 Å². The fraction of sp³-hybridized carbons (Fsp3) is 0.647. The Hall–Kier alpha value is -2.48. The largest absolute Gasteiger partial charge is 0.458 e. The molecular formula is C51H73NO3S3. The summed E-state index contributed by atoms with van der Waals surface area (Å²) < 4.78 is 6.86. The maximum absolute atomic E-state index is 14.5. The topological polar surface area (TPSA) is 50.5 Å². The van der Waals surface area contributed by atoms with Gasteiger partial charge in [-0.15, -0.1) is 34.0 Å². The predicted octanol–water partition coefficient (Wildman–Crippen LogP) is 16.5. The first-order chi connectivity index (χ1) is 27.7. The van der Waals surface area contributed by atoms with E-state index < -0.39 is 5.41 Å². The minimum absolute atomic E-state index is 0.0280. The SMILES string of the molecule is CCCCCCCCN1C(=O)c2c(-c3cc4c(s3)-c3sc(C(C)(C)C)cc3C4(CC(CCCC)CCCCCC)c3ccc(CCCC)s3)oc(C(C)(C)C)c2C1=O. The number of imide groups is 1. The number of carbonyl (C=O) groups is 2. The number of carbonyl (C=O) groups excluding carboxylic acids is 2. The Morgan fingerprint density at radius 2 is 1.26 bits per heavy atom. The van der Waals surface area contributed by atoms with Gasteiger partial charge in [0.15, 0.2) is 5.76 Å². The van der Waals surface area contributed by atoms with E-state index in [1.807, 2.05) is 22.7 Å². The Kier molecular flexibility index (Phi) is 14.8. The summed E-state index contributed by atoms with van der Waals surface area (Å²) >= 11 is 5.80. The monoisotopic (exact) mass is 843 g/mol. The minimum Gasteiger partial charge on any atom is -0.458 e. The number of rotatable bonds is 22. The standard InChI is InChI=1S/C51H73NO3S3/c1-11-15-19-21-22-24-30-52-47(53)41-42(48(52)54)46(50(8,9)10)55-43(41)38-31-36-44(57-38)45-37(32-40(58-45)49(5,6)7)51(36,39-29-28-35(56-39)27-18-14-4)33-34(25-17-13-3)26-23-20-16-12-2/h28-29,31-32,34H,11-27,30,33H2,1-10H3. The second-order valence-corrected chi connectivity index (χ2v) is 22.9. The van der Waals surface area contributed by atoms with Gasteiger partial charge in [-0.2, -0.15) is 0 Å². The molecule has 2 aliphatic rings. The van der Waals surface area contributed by atoms with Gasteiger partial charge >= 0.3 is 0 Å². The molecule has 2 amide bonds. The first-order valence-electron chi connectivity index (χ1n) is 23.1. The van der Waals surface area contributed by atoms with E-state index in [9.17, 15) is 9.59 Å². The lowest BCUT2D eigenvalue weighted by Gasteiger charge is -2.34. The lowest BCUT2D eigenvalue weighted by Crippen LogP contribution is -2.31. The molecule has 6 rings (SSSR count). The first-order valence-corrected chi connectivity index (χ1v) is 25.6. The molecule has 58 heavy (non-hydrogen) atoms. The summed E-state index contributed by atoms with van der Waals surface area (Å²) in [5, 5.41) is 0. The van der Waals surface area contributed by atoms with Crippen LogP contribution < -0.4 is 0 Å². The average molecular weight is 844 g/mol. The molecule has 5 heterocycles. The van der Waals surface area contributed by atoms with Crippen LogP contribution in [-0.4, -0.2) is 23.3 Å². The van der Waals surface area contributed by atoms with E-state index in [0.29, 0.717) is 35.1 Å². The molecule has 2 atom stereocenters. The van der Waals surface area contributed by atoms with E-state index in [1.54, 1.807) is 11.3 Å². The fourth-order valence-corrected chi connectivity index (χ4v) is 13.3. The van der Waals surface area contributed by atoms with E-state index in [0.717, 1.165) is 37.0 Å². The molecule has 4 aromatic rings. The fourth-order valence-electron chi connectivity index (χ4n) is 9.35. The Morgan fingerprint density at radius 1 is 0.655 bits per heavy atom. The molecule has 0 aromatic carbocycles. The lowest BCUT2D eigenvalue weighted by molar-refractivity contribution is 0.0647. The van der Waals surface area contributed by atoms with Crippen molar-refractivity contribution in [3.8, 4) is 20.4 Å². The molecule has 0 fully saturated rings. The summed E-state index contributed by atoms with van der Waals surface area (Å²) in [5.74, 6) is 1.48. The third-order valence-electron chi connectivity index (χ3n) is 12.7. The highest BCUT2D eigenvalue weighted by Gasteiger charge is 2.51.